The van der Waals surface area contributed by atoms with E-state index in [1.807, 2.05) is 6.07 Å². The third-order valence-electron chi connectivity index (χ3n) is 6.57. The third kappa shape index (κ3) is 4.18. The minimum Gasteiger partial charge on any atom is -0.300 e. The Morgan fingerprint density at radius 3 is 2.28 bits per heavy atom. The first-order valence-corrected chi connectivity index (χ1v) is 10.6. The summed E-state index contributed by atoms with van der Waals surface area (Å²) in [6.45, 7) is 4.93. The molecular formula is C21H32Cl2N2. The normalized spacial score (nSPS) is 31.0. The molecule has 1 aliphatic carbocycles. The van der Waals surface area contributed by atoms with Crippen molar-refractivity contribution >= 4 is 23.2 Å². The van der Waals surface area contributed by atoms with Gasteiger partial charge in [0, 0.05) is 28.2 Å². The standard InChI is InChI=1S/C21H32Cl2N2/c1-4-5-16-8-11-25(15-16)20-6-9-21(10-7-20,24(2)3)17-12-18(22)14-19(23)13-17/h12-14,16,20H,4-11,15H2,1-3H3. The summed E-state index contributed by atoms with van der Waals surface area (Å²) in [5.74, 6) is 0.928. The first-order valence-electron chi connectivity index (χ1n) is 9.82. The van der Waals surface area contributed by atoms with Gasteiger partial charge in [0.2, 0.25) is 0 Å². The fourth-order valence-corrected chi connectivity index (χ4v) is 5.63. The van der Waals surface area contributed by atoms with Crippen molar-refractivity contribution in [3.8, 4) is 0 Å². The van der Waals surface area contributed by atoms with Gasteiger partial charge in [0.25, 0.3) is 0 Å². The highest BCUT2D eigenvalue weighted by atomic mass is 35.5. The zero-order valence-electron chi connectivity index (χ0n) is 15.9. The van der Waals surface area contributed by atoms with Gasteiger partial charge in [-0.25, -0.2) is 0 Å². The van der Waals surface area contributed by atoms with Gasteiger partial charge in [0.15, 0.2) is 0 Å². The van der Waals surface area contributed by atoms with Crippen molar-refractivity contribution in [2.24, 2.45) is 5.92 Å². The van der Waals surface area contributed by atoms with Crippen molar-refractivity contribution in [1.82, 2.24) is 9.80 Å². The van der Waals surface area contributed by atoms with E-state index in [1.165, 1.54) is 63.6 Å². The van der Waals surface area contributed by atoms with Gasteiger partial charge < -0.3 is 4.90 Å². The lowest BCUT2D eigenvalue weighted by molar-refractivity contribution is 0.0555. The Kier molecular flexibility index (Phi) is 6.36. The van der Waals surface area contributed by atoms with Crippen molar-refractivity contribution in [2.45, 2.75) is 63.5 Å². The van der Waals surface area contributed by atoms with Crippen LogP contribution in [0, 0.1) is 5.92 Å². The molecule has 1 unspecified atom stereocenters. The molecule has 2 nitrogen and oxygen atoms in total. The van der Waals surface area contributed by atoms with Crippen LogP contribution in [0.2, 0.25) is 10.0 Å². The second-order valence-electron chi connectivity index (χ2n) is 8.25. The van der Waals surface area contributed by atoms with Crippen molar-refractivity contribution in [3.63, 3.8) is 0 Å². The van der Waals surface area contributed by atoms with Crippen LogP contribution in [0.1, 0.15) is 57.4 Å². The molecule has 140 valence electrons. The Bertz CT molecular complexity index is 559. The minimum atomic E-state index is 0.0631. The summed E-state index contributed by atoms with van der Waals surface area (Å²) < 4.78 is 0. The van der Waals surface area contributed by atoms with Crippen molar-refractivity contribution in [2.75, 3.05) is 27.2 Å². The van der Waals surface area contributed by atoms with Gasteiger partial charge in [-0.3, -0.25) is 4.90 Å². The predicted molar refractivity (Wildman–Crippen MR) is 109 cm³/mol. The van der Waals surface area contributed by atoms with Crippen molar-refractivity contribution < 1.29 is 0 Å². The van der Waals surface area contributed by atoms with Crippen LogP contribution in [0.25, 0.3) is 0 Å². The van der Waals surface area contributed by atoms with Crippen molar-refractivity contribution in [1.29, 1.82) is 0 Å². The van der Waals surface area contributed by atoms with Gasteiger partial charge in [-0.15, -0.1) is 0 Å². The lowest BCUT2D eigenvalue weighted by Crippen LogP contribution is -2.48. The van der Waals surface area contributed by atoms with E-state index >= 15 is 0 Å². The van der Waals surface area contributed by atoms with Gasteiger partial charge in [0.1, 0.15) is 0 Å². The number of rotatable bonds is 5. The van der Waals surface area contributed by atoms with E-state index in [1.54, 1.807) is 0 Å². The molecule has 1 aromatic carbocycles. The first kappa shape index (κ1) is 19.5. The molecule has 0 aromatic heterocycles. The van der Waals surface area contributed by atoms with E-state index in [4.69, 9.17) is 23.2 Å². The monoisotopic (exact) mass is 382 g/mol. The molecule has 0 N–H and O–H groups in total. The van der Waals surface area contributed by atoms with Crippen LogP contribution < -0.4 is 0 Å². The fourth-order valence-electron chi connectivity index (χ4n) is 5.10. The molecule has 2 aliphatic rings. The first-order chi connectivity index (χ1) is 11.9. The molecule has 1 atom stereocenters. The highest BCUT2D eigenvalue weighted by Crippen LogP contribution is 2.44. The van der Waals surface area contributed by atoms with Gasteiger partial charge in [-0.2, -0.15) is 0 Å². The average molecular weight is 383 g/mol. The fraction of sp³-hybridized carbons (Fsp3) is 0.714. The molecule has 1 aliphatic heterocycles. The van der Waals surface area contributed by atoms with Crippen LogP contribution in [-0.4, -0.2) is 43.0 Å². The summed E-state index contributed by atoms with van der Waals surface area (Å²) in [7, 11) is 4.39. The maximum absolute atomic E-state index is 6.30. The van der Waals surface area contributed by atoms with Crippen LogP contribution >= 0.6 is 23.2 Å². The van der Waals surface area contributed by atoms with Crippen LogP contribution in [0.15, 0.2) is 18.2 Å². The van der Waals surface area contributed by atoms with Crippen LogP contribution in [0.3, 0.4) is 0 Å². The van der Waals surface area contributed by atoms with Crippen LogP contribution in [0.4, 0.5) is 0 Å². The summed E-state index contributed by atoms with van der Waals surface area (Å²) in [6.07, 6.45) is 9.00. The summed E-state index contributed by atoms with van der Waals surface area (Å²) in [5.41, 5.74) is 1.34. The molecule has 1 saturated carbocycles. The zero-order chi connectivity index (χ0) is 18.0. The highest BCUT2D eigenvalue weighted by Gasteiger charge is 2.41. The van der Waals surface area contributed by atoms with Crippen molar-refractivity contribution in [3.05, 3.63) is 33.8 Å². The van der Waals surface area contributed by atoms with Gasteiger partial charge >= 0.3 is 0 Å². The van der Waals surface area contributed by atoms with Gasteiger partial charge in [0.05, 0.1) is 0 Å². The van der Waals surface area contributed by atoms with E-state index in [-0.39, 0.29) is 5.54 Å². The number of likely N-dealkylation sites (tertiary alicyclic amines) is 1. The second kappa shape index (κ2) is 8.17. The predicted octanol–water partition coefficient (Wildman–Crippen LogP) is 5.81. The SMILES string of the molecule is CCCC1CCN(C2CCC(c3cc(Cl)cc(Cl)c3)(N(C)C)CC2)C1. The Hall–Kier alpha value is -0.280. The van der Waals surface area contributed by atoms with E-state index in [0.717, 1.165) is 22.0 Å². The molecule has 4 heteroatoms. The summed E-state index contributed by atoms with van der Waals surface area (Å²) in [4.78, 5) is 5.15. The van der Waals surface area contributed by atoms with E-state index in [2.05, 4.69) is 43.0 Å². The van der Waals surface area contributed by atoms with E-state index in [0.29, 0.717) is 0 Å². The zero-order valence-corrected chi connectivity index (χ0v) is 17.4. The molecule has 0 radical (unpaired) electrons. The molecule has 0 amide bonds. The Morgan fingerprint density at radius 1 is 1.08 bits per heavy atom. The summed E-state index contributed by atoms with van der Waals surface area (Å²) in [5, 5.41) is 1.49. The molecule has 0 bridgehead atoms. The Morgan fingerprint density at radius 2 is 1.72 bits per heavy atom. The van der Waals surface area contributed by atoms with E-state index < -0.39 is 0 Å². The smallest absolute Gasteiger partial charge is 0.0457 e. The number of benzene rings is 1. The molecule has 1 saturated heterocycles. The minimum absolute atomic E-state index is 0.0631. The molecule has 25 heavy (non-hydrogen) atoms. The van der Waals surface area contributed by atoms with Crippen LogP contribution in [-0.2, 0) is 5.54 Å². The Labute approximate surface area is 163 Å². The second-order valence-corrected chi connectivity index (χ2v) is 9.13. The highest BCUT2D eigenvalue weighted by molar-refractivity contribution is 6.34. The number of nitrogens with zero attached hydrogens (tertiary/aromatic N) is 2. The number of hydrogen-bond acceptors (Lipinski definition) is 2. The maximum Gasteiger partial charge on any atom is 0.0457 e. The quantitative estimate of drug-likeness (QED) is 0.633. The largest absolute Gasteiger partial charge is 0.300 e. The molecule has 2 fully saturated rings. The number of halogens is 2. The summed E-state index contributed by atoms with van der Waals surface area (Å²) >= 11 is 12.6. The maximum atomic E-state index is 6.30. The number of hydrogen-bond donors (Lipinski definition) is 0. The van der Waals surface area contributed by atoms with Crippen LogP contribution in [0.5, 0.6) is 0 Å². The molecule has 1 heterocycles. The Balaban J connectivity index is 1.71. The summed E-state index contributed by atoms with van der Waals surface area (Å²) in [6, 6.07) is 6.81. The third-order valence-corrected chi connectivity index (χ3v) is 7.01. The molecular weight excluding hydrogens is 351 g/mol. The van der Waals surface area contributed by atoms with E-state index in [9.17, 15) is 0 Å². The van der Waals surface area contributed by atoms with Gasteiger partial charge in [-0.05, 0) is 88.8 Å². The molecule has 1 aromatic rings. The molecule has 0 spiro atoms. The lowest BCUT2D eigenvalue weighted by atomic mass is 9.73. The topological polar surface area (TPSA) is 6.48 Å². The van der Waals surface area contributed by atoms with Gasteiger partial charge in [-0.1, -0.05) is 36.5 Å². The lowest BCUT2D eigenvalue weighted by Gasteiger charge is -2.47. The average Bonchev–Trinajstić information content (AvgIpc) is 3.03. The molecule has 3 rings (SSSR count).